The highest BCUT2D eigenvalue weighted by Gasteiger charge is 2.70. The summed E-state index contributed by atoms with van der Waals surface area (Å²) in [6.07, 6.45) is 7.39. The van der Waals surface area contributed by atoms with Gasteiger partial charge in [0.2, 0.25) is 11.6 Å². The van der Waals surface area contributed by atoms with Gasteiger partial charge in [-0.05, 0) is 106 Å². The molecule has 12 nitrogen and oxygen atoms in total. The molecule has 1 aromatic carbocycles. The van der Waals surface area contributed by atoms with Crippen LogP contribution in [0.5, 0.6) is 0 Å². The summed E-state index contributed by atoms with van der Waals surface area (Å²) in [5, 5.41) is 0. The van der Waals surface area contributed by atoms with Crippen LogP contribution in [0.25, 0.3) is 0 Å². The minimum absolute atomic E-state index is 0.162. The van der Waals surface area contributed by atoms with Crippen LogP contribution in [0, 0.1) is 47.3 Å². The molecule has 8 aliphatic heterocycles. The molecule has 2 saturated carbocycles. The minimum atomic E-state index is -0.835. The number of fused-ring (bicyclic) bond motifs is 4. The Kier molecular flexibility index (Phi) is 9.53. The van der Waals surface area contributed by atoms with Crippen molar-refractivity contribution in [3.05, 3.63) is 35.4 Å². The van der Waals surface area contributed by atoms with Gasteiger partial charge in [0.1, 0.15) is 0 Å². The number of hydrogen-bond donors (Lipinski definition) is 0. The summed E-state index contributed by atoms with van der Waals surface area (Å²) in [5.74, 6) is -0.344. The number of rotatable bonds is 8. The second-order valence-electron chi connectivity index (χ2n) is 18.3. The molecule has 0 radical (unpaired) electrons. The van der Waals surface area contributed by atoms with Crippen LogP contribution in [0.2, 0.25) is 0 Å². The average Bonchev–Trinajstić information content (AvgIpc) is 3.53. The number of hydrogen-bond acceptors (Lipinski definition) is 12. The van der Waals surface area contributed by atoms with Crippen molar-refractivity contribution in [2.75, 3.05) is 13.2 Å². The van der Waals surface area contributed by atoms with Gasteiger partial charge in [-0.15, -0.1) is 0 Å². The molecule has 0 N–H and O–H groups in total. The van der Waals surface area contributed by atoms with Crippen molar-refractivity contribution >= 4 is 11.9 Å². The Balaban J connectivity index is 0.789. The monoisotopic (exact) mass is 754 g/mol. The summed E-state index contributed by atoms with van der Waals surface area (Å²) in [6.45, 7) is 13.2. The zero-order valence-corrected chi connectivity index (χ0v) is 32.6. The molecule has 298 valence electrons. The van der Waals surface area contributed by atoms with E-state index in [-0.39, 0.29) is 49.1 Å². The fourth-order valence-corrected chi connectivity index (χ4v) is 12.1. The first-order valence-corrected chi connectivity index (χ1v) is 20.7. The zero-order chi connectivity index (χ0) is 37.6. The molecule has 10 aliphatic rings. The fraction of sp³-hybridized carbons (Fsp3) is 0.810. The van der Waals surface area contributed by atoms with E-state index in [1.165, 1.54) is 6.07 Å². The Labute approximate surface area is 318 Å². The van der Waals surface area contributed by atoms with Crippen LogP contribution in [0.1, 0.15) is 126 Å². The van der Waals surface area contributed by atoms with Gasteiger partial charge in [-0.3, -0.25) is 0 Å². The lowest BCUT2D eigenvalue weighted by atomic mass is 9.57. The van der Waals surface area contributed by atoms with Gasteiger partial charge in [0.15, 0.2) is 23.8 Å². The van der Waals surface area contributed by atoms with Crippen LogP contribution >= 0.6 is 0 Å². The minimum Gasteiger partial charge on any atom is -0.462 e. The Hall–Kier alpha value is -2.16. The second kappa shape index (κ2) is 13.7. The van der Waals surface area contributed by atoms with E-state index >= 15 is 0 Å². The summed E-state index contributed by atoms with van der Waals surface area (Å²) < 4.78 is 37.7. The van der Waals surface area contributed by atoms with E-state index < -0.39 is 47.3 Å². The molecule has 16 atom stereocenters. The third-order valence-electron chi connectivity index (χ3n) is 15.2. The highest BCUT2D eigenvalue weighted by atomic mass is 17.3. The van der Waals surface area contributed by atoms with E-state index in [0.29, 0.717) is 47.6 Å². The first kappa shape index (κ1) is 37.4. The molecular formula is C42H58O12. The molecule has 0 aromatic heterocycles. The molecule has 11 rings (SSSR count). The number of ether oxygens (including phenoxy) is 6. The first-order chi connectivity index (χ1) is 25.9. The summed E-state index contributed by atoms with van der Waals surface area (Å²) in [4.78, 5) is 50.8. The number of esters is 2. The predicted octanol–water partition coefficient (Wildman–Crippen LogP) is 7.28. The molecule has 4 unspecified atom stereocenters. The van der Waals surface area contributed by atoms with E-state index in [1.807, 2.05) is 13.8 Å². The van der Waals surface area contributed by atoms with E-state index in [4.69, 9.17) is 48.0 Å². The largest absolute Gasteiger partial charge is 0.462 e. The summed E-state index contributed by atoms with van der Waals surface area (Å²) in [5.41, 5.74) is -0.660. The van der Waals surface area contributed by atoms with Crippen LogP contribution in [-0.2, 0) is 48.0 Å². The normalized spacial score (nSPS) is 48.9. The molecule has 1 aromatic rings. The molecule has 0 amide bonds. The molecule has 2 aliphatic carbocycles. The Morgan fingerprint density at radius 3 is 1.52 bits per heavy atom. The van der Waals surface area contributed by atoms with E-state index in [0.717, 1.165) is 51.4 Å². The zero-order valence-electron chi connectivity index (χ0n) is 32.6. The fourth-order valence-electron chi connectivity index (χ4n) is 12.1. The highest BCUT2D eigenvalue weighted by molar-refractivity contribution is 5.95. The number of carbonyl (C=O) groups excluding carboxylic acids is 2. The van der Waals surface area contributed by atoms with Crippen LogP contribution in [-0.4, -0.2) is 72.7 Å². The van der Waals surface area contributed by atoms with Crippen molar-refractivity contribution in [3.63, 3.8) is 0 Å². The standard InChI is InChI=1S/C42H58O12/c1-23-10-12-31-25(3)33(47-37-41(31)29(23)14-18-39(5,49-37)51-53-41)16-20-45-35(43)27-8-7-9-28(22-27)36(44)46-21-17-34-26(4)32-13-11-24(2)30-15-19-40(6)50-38(48-34)42(30,32)54-52-40/h7-9,22-26,29-34,37-38H,10-21H2,1-6H3/t23-,24-,25-,26-,29?,30?,31?,32?,33-,34-,37-,38-,39+,40+,41-,42-/m1/s1. The number of carbonyl (C=O) groups is 2. The Bertz CT molecular complexity index is 1490. The first-order valence-electron chi connectivity index (χ1n) is 20.7. The third kappa shape index (κ3) is 5.91. The molecule has 4 bridgehead atoms. The van der Waals surface area contributed by atoms with Crippen LogP contribution in [0.4, 0.5) is 0 Å². The second-order valence-corrected chi connectivity index (χ2v) is 18.3. The van der Waals surface area contributed by atoms with Gasteiger partial charge in [-0.2, -0.15) is 0 Å². The van der Waals surface area contributed by atoms with Gasteiger partial charge in [0.05, 0.1) is 36.5 Å². The number of benzene rings is 1. The third-order valence-corrected chi connectivity index (χ3v) is 15.2. The van der Waals surface area contributed by atoms with Gasteiger partial charge in [-0.1, -0.05) is 33.8 Å². The predicted molar refractivity (Wildman–Crippen MR) is 190 cm³/mol. The molecule has 8 saturated heterocycles. The summed E-state index contributed by atoms with van der Waals surface area (Å²) >= 11 is 0. The van der Waals surface area contributed by atoms with Crippen LogP contribution in [0.15, 0.2) is 24.3 Å². The van der Waals surface area contributed by atoms with Crippen LogP contribution < -0.4 is 0 Å². The molecule has 12 heteroatoms. The smallest absolute Gasteiger partial charge is 0.338 e. The van der Waals surface area contributed by atoms with Crippen molar-refractivity contribution in [2.24, 2.45) is 47.3 Å². The summed E-state index contributed by atoms with van der Waals surface area (Å²) in [6, 6.07) is 6.51. The quantitative estimate of drug-likeness (QED) is 0.196. The van der Waals surface area contributed by atoms with E-state index in [1.54, 1.807) is 18.2 Å². The summed E-state index contributed by atoms with van der Waals surface area (Å²) in [7, 11) is 0. The Morgan fingerprint density at radius 1 is 0.630 bits per heavy atom. The van der Waals surface area contributed by atoms with Gasteiger partial charge < -0.3 is 28.4 Å². The highest BCUT2D eigenvalue weighted by Crippen LogP contribution is 2.62. The molecule has 54 heavy (non-hydrogen) atoms. The maximum Gasteiger partial charge on any atom is 0.338 e. The molecule has 10 fully saturated rings. The van der Waals surface area contributed by atoms with Crippen molar-refractivity contribution in [1.29, 1.82) is 0 Å². The topological polar surface area (TPSA) is 126 Å². The lowest BCUT2D eigenvalue weighted by Gasteiger charge is -2.60. The molecular weight excluding hydrogens is 696 g/mol. The SMILES string of the molecule is C[C@@H]1CCC2[C@@H](C)[C@@H](CCOC(=O)c3cccc(C(=O)OCC[C@H]4O[C@@H]5O[C@]6(C)CCC7[C@H](C)CCC([C@H]4C)[C@]75OO6)c3)O[C@@H]3O[C@]4(C)CCC1[C@@]23OO4. The van der Waals surface area contributed by atoms with Gasteiger partial charge >= 0.3 is 11.9 Å². The van der Waals surface area contributed by atoms with Gasteiger partial charge in [0.25, 0.3) is 0 Å². The maximum absolute atomic E-state index is 13.2. The molecule has 2 spiro atoms. The Morgan fingerprint density at radius 2 is 1.07 bits per heavy atom. The van der Waals surface area contributed by atoms with Crippen molar-refractivity contribution in [2.45, 2.75) is 153 Å². The van der Waals surface area contributed by atoms with Gasteiger partial charge in [-0.25, -0.2) is 29.1 Å². The lowest BCUT2D eigenvalue weighted by molar-refractivity contribution is -0.571. The maximum atomic E-state index is 13.2. The van der Waals surface area contributed by atoms with E-state index in [9.17, 15) is 9.59 Å². The molecule has 8 heterocycles. The average molecular weight is 755 g/mol. The van der Waals surface area contributed by atoms with E-state index in [2.05, 4.69) is 27.7 Å². The van der Waals surface area contributed by atoms with Gasteiger partial charge in [0, 0.05) is 37.5 Å². The van der Waals surface area contributed by atoms with Crippen molar-refractivity contribution < 1.29 is 57.6 Å². The van der Waals surface area contributed by atoms with Crippen molar-refractivity contribution in [1.82, 2.24) is 0 Å². The van der Waals surface area contributed by atoms with Crippen LogP contribution in [0.3, 0.4) is 0 Å². The van der Waals surface area contributed by atoms with Crippen molar-refractivity contribution in [3.8, 4) is 0 Å². The lowest BCUT2D eigenvalue weighted by Crippen LogP contribution is -2.70.